The minimum Gasteiger partial charge on any atom is -0.477 e. The molecule has 1 atom stereocenters. The number of aromatic nitrogens is 1. The van der Waals surface area contributed by atoms with E-state index in [0.29, 0.717) is 31.0 Å². The highest BCUT2D eigenvalue weighted by atomic mass is 16.5. The maximum atomic E-state index is 12.4. The van der Waals surface area contributed by atoms with E-state index in [2.05, 4.69) is 4.98 Å². The third-order valence-electron chi connectivity index (χ3n) is 3.44. The van der Waals surface area contributed by atoms with Gasteiger partial charge in [-0.05, 0) is 24.3 Å². The number of morpholine rings is 1. The largest absolute Gasteiger partial charge is 0.477 e. The van der Waals surface area contributed by atoms with Gasteiger partial charge in [-0.15, -0.1) is 0 Å². The zero-order valence-electron chi connectivity index (χ0n) is 11.6. The van der Waals surface area contributed by atoms with Crippen molar-refractivity contribution in [3.63, 3.8) is 0 Å². The molecule has 2 aromatic rings. The molecule has 1 aliphatic heterocycles. The second-order valence-corrected chi connectivity index (χ2v) is 4.86. The standard InChI is InChI=1S/C15H14N2O5/c18-14(10-3-4-11(15(19)20)16-8-10)17-5-7-22-13(9-17)12-2-1-6-21-12/h1-4,6,8,13H,5,7,9H2,(H,19,20). The Kier molecular flexibility index (Phi) is 3.88. The van der Waals surface area contributed by atoms with E-state index in [4.69, 9.17) is 14.3 Å². The van der Waals surface area contributed by atoms with Crippen LogP contribution >= 0.6 is 0 Å². The molecule has 0 bridgehead atoms. The zero-order valence-corrected chi connectivity index (χ0v) is 11.6. The number of pyridine rings is 1. The molecule has 7 heteroatoms. The molecule has 0 radical (unpaired) electrons. The van der Waals surface area contributed by atoms with Gasteiger partial charge in [0.2, 0.25) is 0 Å². The Hall–Kier alpha value is -2.67. The molecule has 1 N–H and O–H groups in total. The average molecular weight is 302 g/mol. The molecule has 1 amide bonds. The van der Waals surface area contributed by atoms with Gasteiger partial charge in [0.1, 0.15) is 17.6 Å². The number of furan rings is 1. The summed E-state index contributed by atoms with van der Waals surface area (Å²) in [7, 11) is 0. The predicted molar refractivity (Wildman–Crippen MR) is 74.5 cm³/mol. The molecule has 114 valence electrons. The lowest BCUT2D eigenvalue weighted by molar-refractivity contribution is -0.0321. The summed E-state index contributed by atoms with van der Waals surface area (Å²) in [5.41, 5.74) is 0.261. The monoisotopic (exact) mass is 302 g/mol. The average Bonchev–Trinajstić information content (AvgIpc) is 3.09. The minimum atomic E-state index is -1.12. The first-order chi connectivity index (χ1) is 10.6. The molecular formula is C15H14N2O5. The van der Waals surface area contributed by atoms with Crippen LogP contribution in [0.2, 0.25) is 0 Å². The van der Waals surface area contributed by atoms with Crippen molar-refractivity contribution in [3.05, 3.63) is 53.7 Å². The first-order valence-corrected chi connectivity index (χ1v) is 6.79. The number of rotatable bonds is 3. The number of nitrogens with zero attached hydrogens (tertiary/aromatic N) is 2. The second-order valence-electron chi connectivity index (χ2n) is 4.86. The molecule has 22 heavy (non-hydrogen) atoms. The van der Waals surface area contributed by atoms with E-state index in [9.17, 15) is 9.59 Å². The lowest BCUT2D eigenvalue weighted by Crippen LogP contribution is -2.42. The number of carbonyl (C=O) groups excluding carboxylic acids is 1. The second kappa shape index (κ2) is 5.98. The fourth-order valence-corrected chi connectivity index (χ4v) is 2.31. The zero-order chi connectivity index (χ0) is 15.5. The molecule has 0 aliphatic carbocycles. The Bertz CT molecular complexity index is 666. The van der Waals surface area contributed by atoms with Crippen molar-refractivity contribution in [3.8, 4) is 0 Å². The van der Waals surface area contributed by atoms with Crippen molar-refractivity contribution < 1.29 is 23.8 Å². The van der Waals surface area contributed by atoms with E-state index in [1.165, 1.54) is 18.3 Å². The molecule has 1 fully saturated rings. The molecule has 0 aromatic carbocycles. The SMILES string of the molecule is O=C(O)c1ccc(C(=O)N2CCOC(c3ccco3)C2)cn1. The van der Waals surface area contributed by atoms with Crippen LogP contribution in [0.15, 0.2) is 41.1 Å². The molecule has 0 spiro atoms. The maximum Gasteiger partial charge on any atom is 0.354 e. The number of carbonyl (C=O) groups is 2. The number of ether oxygens (including phenoxy) is 1. The van der Waals surface area contributed by atoms with Gasteiger partial charge in [0.15, 0.2) is 0 Å². The number of amides is 1. The smallest absolute Gasteiger partial charge is 0.354 e. The van der Waals surface area contributed by atoms with Gasteiger partial charge in [-0.3, -0.25) is 4.79 Å². The van der Waals surface area contributed by atoms with Crippen molar-refractivity contribution in [2.45, 2.75) is 6.10 Å². The van der Waals surface area contributed by atoms with E-state index in [0.717, 1.165) is 0 Å². The first kappa shape index (κ1) is 14.3. The fraction of sp³-hybridized carbons (Fsp3) is 0.267. The van der Waals surface area contributed by atoms with Crippen molar-refractivity contribution in [1.29, 1.82) is 0 Å². The lowest BCUT2D eigenvalue weighted by Gasteiger charge is -2.32. The predicted octanol–water partition coefficient (Wildman–Crippen LogP) is 1.59. The van der Waals surface area contributed by atoms with Gasteiger partial charge >= 0.3 is 5.97 Å². The molecule has 2 aromatic heterocycles. The summed E-state index contributed by atoms with van der Waals surface area (Å²) in [6.07, 6.45) is 2.55. The lowest BCUT2D eigenvalue weighted by atomic mass is 10.1. The van der Waals surface area contributed by atoms with E-state index in [-0.39, 0.29) is 17.7 Å². The van der Waals surface area contributed by atoms with Gasteiger partial charge in [0.25, 0.3) is 5.91 Å². The summed E-state index contributed by atoms with van der Waals surface area (Å²) < 4.78 is 10.9. The third-order valence-corrected chi connectivity index (χ3v) is 3.44. The van der Waals surface area contributed by atoms with Crippen LogP contribution in [-0.2, 0) is 4.74 Å². The highest BCUT2D eigenvalue weighted by molar-refractivity contribution is 5.95. The van der Waals surface area contributed by atoms with Gasteiger partial charge < -0.3 is 19.2 Å². The van der Waals surface area contributed by atoms with Crippen molar-refractivity contribution in [1.82, 2.24) is 9.88 Å². The number of hydrogen-bond acceptors (Lipinski definition) is 5. The molecule has 1 unspecified atom stereocenters. The minimum absolute atomic E-state index is 0.0908. The fourth-order valence-electron chi connectivity index (χ4n) is 2.31. The van der Waals surface area contributed by atoms with E-state index in [1.54, 1.807) is 17.2 Å². The van der Waals surface area contributed by atoms with Crippen molar-refractivity contribution in [2.75, 3.05) is 19.7 Å². The summed E-state index contributed by atoms with van der Waals surface area (Å²) >= 11 is 0. The number of hydrogen-bond donors (Lipinski definition) is 1. The summed E-state index contributed by atoms with van der Waals surface area (Å²) in [6, 6.07) is 6.37. The van der Waals surface area contributed by atoms with Crippen molar-refractivity contribution in [2.24, 2.45) is 0 Å². The molecule has 1 aliphatic rings. The Morgan fingerprint density at radius 3 is 2.82 bits per heavy atom. The van der Waals surface area contributed by atoms with Gasteiger partial charge in [-0.1, -0.05) is 0 Å². The molecule has 0 saturated carbocycles. The third kappa shape index (κ3) is 2.84. The van der Waals surface area contributed by atoms with E-state index < -0.39 is 5.97 Å². The maximum absolute atomic E-state index is 12.4. The summed E-state index contributed by atoms with van der Waals surface area (Å²) in [6.45, 7) is 1.27. The normalized spacial score (nSPS) is 18.2. The van der Waals surface area contributed by atoms with Crippen molar-refractivity contribution >= 4 is 11.9 Å². The van der Waals surface area contributed by atoms with Crippen LogP contribution in [0.5, 0.6) is 0 Å². The van der Waals surface area contributed by atoms with Crippen LogP contribution in [0, 0.1) is 0 Å². The van der Waals surface area contributed by atoms with Crippen LogP contribution in [-0.4, -0.2) is 46.6 Å². The van der Waals surface area contributed by atoms with Gasteiger partial charge in [0, 0.05) is 12.7 Å². The van der Waals surface area contributed by atoms with Crippen LogP contribution in [0.3, 0.4) is 0 Å². The number of carboxylic acid groups (broad SMARTS) is 1. The van der Waals surface area contributed by atoms with Gasteiger partial charge in [-0.2, -0.15) is 0 Å². The molecule has 3 rings (SSSR count). The topological polar surface area (TPSA) is 92.9 Å². The Morgan fingerprint density at radius 1 is 1.32 bits per heavy atom. The highest BCUT2D eigenvalue weighted by Gasteiger charge is 2.27. The Balaban J connectivity index is 1.72. The van der Waals surface area contributed by atoms with Crippen LogP contribution in [0.25, 0.3) is 0 Å². The van der Waals surface area contributed by atoms with E-state index in [1.807, 2.05) is 6.07 Å². The van der Waals surface area contributed by atoms with Gasteiger partial charge in [-0.25, -0.2) is 9.78 Å². The summed E-state index contributed by atoms with van der Waals surface area (Å²) in [5.74, 6) is -0.649. The summed E-state index contributed by atoms with van der Waals surface area (Å²) in [5, 5.41) is 8.82. The number of carboxylic acids is 1. The Morgan fingerprint density at radius 2 is 2.18 bits per heavy atom. The Labute approximate surface area is 126 Å². The molecule has 1 saturated heterocycles. The van der Waals surface area contributed by atoms with Crippen LogP contribution in [0.4, 0.5) is 0 Å². The number of aromatic carboxylic acids is 1. The van der Waals surface area contributed by atoms with E-state index >= 15 is 0 Å². The summed E-state index contributed by atoms with van der Waals surface area (Å²) in [4.78, 5) is 28.6. The molecular weight excluding hydrogens is 288 g/mol. The first-order valence-electron chi connectivity index (χ1n) is 6.79. The quantitative estimate of drug-likeness (QED) is 0.925. The highest BCUT2D eigenvalue weighted by Crippen LogP contribution is 2.23. The van der Waals surface area contributed by atoms with Crippen LogP contribution in [0.1, 0.15) is 32.7 Å². The van der Waals surface area contributed by atoms with Gasteiger partial charge in [0.05, 0.1) is 25.0 Å². The van der Waals surface area contributed by atoms with Crippen LogP contribution < -0.4 is 0 Å². The molecule has 3 heterocycles. The molecule has 7 nitrogen and oxygen atoms in total.